The summed E-state index contributed by atoms with van der Waals surface area (Å²) in [6.45, 7) is 2.97. The standard InChI is InChI=1S/C11H18N4O3/c1-2-7(16)6-13-10(17)9-14-11(18-15-9)8-4-3-5-12-8/h7-8,12,16H,2-6H2,1H3,(H,13,17). The minimum Gasteiger partial charge on any atom is -0.391 e. The molecule has 3 N–H and O–H groups in total. The molecule has 0 radical (unpaired) electrons. The average Bonchev–Trinajstić information content (AvgIpc) is 3.04. The van der Waals surface area contributed by atoms with E-state index in [9.17, 15) is 9.90 Å². The van der Waals surface area contributed by atoms with Gasteiger partial charge in [0.2, 0.25) is 5.89 Å². The lowest BCUT2D eigenvalue weighted by atomic mass is 10.2. The van der Waals surface area contributed by atoms with E-state index in [2.05, 4.69) is 20.8 Å². The maximum absolute atomic E-state index is 11.7. The molecule has 1 amide bonds. The fraction of sp³-hybridized carbons (Fsp3) is 0.727. The van der Waals surface area contributed by atoms with Crippen LogP contribution in [0.2, 0.25) is 0 Å². The first-order valence-corrected chi connectivity index (χ1v) is 6.24. The summed E-state index contributed by atoms with van der Waals surface area (Å²) in [5, 5.41) is 18.8. The number of amides is 1. The highest BCUT2D eigenvalue weighted by atomic mass is 16.5. The van der Waals surface area contributed by atoms with Crippen molar-refractivity contribution in [2.45, 2.75) is 38.3 Å². The summed E-state index contributed by atoms with van der Waals surface area (Å²) in [7, 11) is 0. The van der Waals surface area contributed by atoms with E-state index < -0.39 is 12.0 Å². The van der Waals surface area contributed by atoms with Gasteiger partial charge in [0.05, 0.1) is 12.1 Å². The van der Waals surface area contributed by atoms with Crippen LogP contribution in [0, 0.1) is 0 Å². The van der Waals surface area contributed by atoms with Crippen LogP contribution in [0.25, 0.3) is 0 Å². The predicted octanol–water partition coefficient (Wildman–Crippen LogP) is -0.00520. The Morgan fingerprint density at radius 3 is 3.22 bits per heavy atom. The van der Waals surface area contributed by atoms with E-state index in [0.29, 0.717) is 12.3 Å². The van der Waals surface area contributed by atoms with Gasteiger partial charge in [0.1, 0.15) is 0 Å². The third kappa shape index (κ3) is 3.05. The normalized spacial score (nSPS) is 20.9. The molecule has 2 rings (SSSR count). The highest BCUT2D eigenvalue weighted by Crippen LogP contribution is 2.20. The van der Waals surface area contributed by atoms with E-state index in [1.807, 2.05) is 6.92 Å². The van der Waals surface area contributed by atoms with E-state index in [1.54, 1.807) is 0 Å². The molecule has 1 aromatic heterocycles. The molecule has 1 aliphatic rings. The summed E-state index contributed by atoms with van der Waals surface area (Å²) < 4.78 is 5.06. The molecule has 0 saturated carbocycles. The van der Waals surface area contributed by atoms with Crippen LogP contribution in [0.15, 0.2) is 4.52 Å². The lowest BCUT2D eigenvalue weighted by molar-refractivity contribution is 0.0900. The fourth-order valence-corrected chi connectivity index (χ4v) is 1.80. The van der Waals surface area contributed by atoms with Crippen molar-refractivity contribution >= 4 is 5.91 Å². The Balaban J connectivity index is 1.90. The highest BCUT2D eigenvalue weighted by Gasteiger charge is 2.24. The van der Waals surface area contributed by atoms with Crippen LogP contribution in [-0.2, 0) is 0 Å². The molecule has 2 unspecified atom stereocenters. The highest BCUT2D eigenvalue weighted by molar-refractivity contribution is 5.90. The smallest absolute Gasteiger partial charge is 0.292 e. The van der Waals surface area contributed by atoms with E-state index in [4.69, 9.17) is 4.52 Å². The van der Waals surface area contributed by atoms with E-state index in [1.165, 1.54) is 0 Å². The Hall–Kier alpha value is -1.47. The van der Waals surface area contributed by atoms with Crippen LogP contribution < -0.4 is 10.6 Å². The maximum Gasteiger partial charge on any atom is 0.292 e. The van der Waals surface area contributed by atoms with E-state index in [0.717, 1.165) is 19.4 Å². The molecule has 100 valence electrons. The van der Waals surface area contributed by atoms with Gasteiger partial charge in [-0.1, -0.05) is 12.1 Å². The van der Waals surface area contributed by atoms with Crippen molar-refractivity contribution in [3.63, 3.8) is 0 Å². The summed E-state index contributed by atoms with van der Waals surface area (Å²) in [6, 6.07) is 0.0558. The van der Waals surface area contributed by atoms with Crippen LogP contribution in [0.3, 0.4) is 0 Å². The minimum absolute atomic E-state index is 0.0157. The average molecular weight is 254 g/mol. The Labute approximate surface area is 105 Å². The van der Waals surface area contributed by atoms with Crippen LogP contribution in [0.4, 0.5) is 0 Å². The second-order valence-electron chi connectivity index (χ2n) is 4.38. The summed E-state index contributed by atoms with van der Waals surface area (Å²) in [5.41, 5.74) is 0. The van der Waals surface area contributed by atoms with Crippen molar-refractivity contribution in [3.8, 4) is 0 Å². The number of carbonyl (C=O) groups is 1. The second-order valence-corrected chi connectivity index (χ2v) is 4.38. The lowest BCUT2D eigenvalue weighted by Gasteiger charge is -2.07. The topological polar surface area (TPSA) is 100 Å². The first-order chi connectivity index (χ1) is 8.70. The molecule has 2 heterocycles. The van der Waals surface area contributed by atoms with Crippen molar-refractivity contribution in [2.75, 3.05) is 13.1 Å². The first kappa shape index (κ1) is 13.0. The van der Waals surface area contributed by atoms with E-state index in [-0.39, 0.29) is 18.4 Å². The fourth-order valence-electron chi connectivity index (χ4n) is 1.80. The second kappa shape index (κ2) is 5.92. The van der Waals surface area contributed by atoms with Crippen molar-refractivity contribution in [1.29, 1.82) is 0 Å². The van der Waals surface area contributed by atoms with E-state index >= 15 is 0 Å². The van der Waals surface area contributed by atoms with Crippen molar-refractivity contribution < 1.29 is 14.4 Å². The van der Waals surface area contributed by atoms with Gasteiger partial charge in [0.25, 0.3) is 11.7 Å². The monoisotopic (exact) mass is 254 g/mol. The van der Waals surface area contributed by atoms with Crippen LogP contribution in [-0.4, -0.2) is 40.3 Å². The number of hydrogen-bond acceptors (Lipinski definition) is 6. The largest absolute Gasteiger partial charge is 0.391 e. The number of aliphatic hydroxyl groups is 1. The van der Waals surface area contributed by atoms with Crippen molar-refractivity contribution in [2.24, 2.45) is 0 Å². The van der Waals surface area contributed by atoms with Gasteiger partial charge in [-0.2, -0.15) is 4.98 Å². The molecule has 0 spiro atoms. The zero-order valence-electron chi connectivity index (χ0n) is 10.3. The molecule has 18 heavy (non-hydrogen) atoms. The first-order valence-electron chi connectivity index (χ1n) is 6.24. The Morgan fingerprint density at radius 2 is 2.56 bits per heavy atom. The third-order valence-corrected chi connectivity index (χ3v) is 2.97. The van der Waals surface area contributed by atoms with Gasteiger partial charge in [-0.15, -0.1) is 0 Å². The van der Waals surface area contributed by atoms with Crippen molar-refractivity contribution in [3.05, 3.63) is 11.7 Å². The molecular formula is C11H18N4O3. The van der Waals surface area contributed by atoms with Crippen LogP contribution in [0.1, 0.15) is 48.7 Å². The number of rotatable bonds is 5. The Bertz CT molecular complexity index is 401. The Kier molecular flexibility index (Phi) is 4.27. The maximum atomic E-state index is 11.7. The molecule has 1 aromatic rings. The van der Waals surface area contributed by atoms with Crippen molar-refractivity contribution in [1.82, 2.24) is 20.8 Å². The molecule has 1 aliphatic heterocycles. The molecule has 0 aromatic carbocycles. The number of aromatic nitrogens is 2. The zero-order valence-corrected chi connectivity index (χ0v) is 10.3. The Morgan fingerprint density at radius 1 is 1.72 bits per heavy atom. The van der Waals surface area contributed by atoms with Crippen LogP contribution >= 0.6 is 0 Å². The van der Waals surface area contributed by atoms with Gasteiger partial charge in [0.15, 0.2) is 0 Å². The minimum atomic E-state index is -0.545. The molecule has 0 aliphatic carbocycles. The third-order valence-electron chi connectivity index (χ3n) is 2.97. The quantitative estimate of drug-likeness (QED) is 0.683. The molecule has 7 nitrogen and oxygen atoms in total. The summed E-state index contributed by atoms with van der Waals surface area (Å²) in [5.74, 6) is 0.0474. The van der Waals surface area contributed by atoms with Crippen LogP contribution in [0.5, 0.6) is 0 Å². The number of nitrogens with zero attached hydrogens (tertiary/aromatic N) is 2. The number of aliphatic hydroxyl groups excluding tert-OH is 1. The number of hydrogen-bond donors (Lipinski definition) is 3. The molecule has 1 saturated heterocycles. The predicted molar refractivity (Wildman–Crippen MR) is 62.9 cm³/mol. The molecule has 7 heteroatoms. The summed E-state index contributed by atoms with van der Waals surface area (Å²) in [6.07, 6.45) is 2.05. The summed E-state index contributed by atoms with van der Waals surface area (Å²) in [4.78, 5) is 15.7. The van der Waals surface area contributed by atoms with Gasteiger partial charge >= 0.3 is 0 Å². The van der Waals surface area contributed by atoms with Gasteiger partial charge in [-0.3, -0.25) is 4.79 Å². The zero-order chi connectivity index (χ0) is 13.0. The lowest BCUT2D eigenvalue weighted by Crippen LogP contribution is -2.32. The number of nitrogens with one attached hydrogen (secondary N) is 2. The van der Waals surface area contributed by atoms with Gasteiger partial charge in [-0.25, -0.2) is 0 Å². The summed E-state index contributed by atoms with van der Waals surface area (Å²) >= 11 is 0. The SMILES string of the molecule is CCC(O)CNC(=O)c1noc(C2CCCN2)n1. The molecular weight excluding hydrogens is 236 g/mol. The molecule has 2 atom stereocenters. The molecule has 0 bridgehead atoms. The van der Waals surface area contributed by atoms with Gasteiger partial charge in [0, 0.05) is 6.54 Å². The number of carbonyl (C=O) groups excluding carboxylic acids is 1. The van der Waals surface area contributed by atoms with Gasteiger partial charge < -0.3 is 20.3 Å². The van der Waals surface area contributed by atoms with Gasteiger partial charge in [-0.05, 0) is 25.8 Å². The molecule has 1 fully saturated rings.